The van der Waals surface area contributed by atoms with Crippen molar-refractivity contribution in [3.05, 3.63) is 0 Å². The van der Waals surface area contributed by atoms with Gasteiger partial charge in [0, 0.05) is 6.54 Å². The molecule has 86 valence electrons. The van der Waals surface area contributed by atoms with E-state index in [-0.39, 0.29) is 0 Å². The SMILES string of the molecule is CCCCCNCC(C)(C)CC(C)C. The second-order valence-electron chi connectivity index (χ2n) is 5.65. The molecule has 1 nitrogen and oxygen atoms in total. The molecule has 1 N–H and O–H groups in total. The molecule has 0 unspecified atom stereocenters. The third-order valence-corrected chi connectivity index (χ3v) is 2.52. The van der Waals surface area contributed by atoms with Crippen LogP contribution in [-0.4, -0.2) is 13.1 Å². The standard InChI is InChI=1S/C13H29N/c1-6-7-8-9-14-11-13(4,5)10-12(2)3/h12,14H,6-11H2,1-5H3. The second-order valence-corrected chi connectivity index (χ2v) is 5.65. The summed E-state index contributed by atoms with van der Waals surface area (Å²) in [7, 11) is 0. The average Bonchev–Trinajstić information content (AvgIpc) is 2.01. The van der Waals surface area contributed by atoms with Gasteiger partial charge in [0.2, 0.25) is 0 Å². The Labute approximate surface area is 90.7 Å². The van der Waals surface area contributed by atoms with Gasteiger partial charge in [-0.2, -0.15) is 0 Å². The van der Waals surface area contributed by atoms with Crippen molar-refractivity contribution in [1.29, 1.82) is 0 Å². The van der Waals surface area contributed by atoms with Gasteiger partial charge in [-0.05, 0) is 30.7 Å². The van der Waals surface area contributed by atoms with Gasteiger partial charge >= 0.3 is 0 Å². The molecule has 0 aromatic carbocycles. The molecule has 14 heavy (non-hydrogen) atoms. The summed E-state index contributed by atoms with van der Waals surface area (Å²) in [6.45, 7) is 13.9. The van der Waals surface area contributed by atoms with Crippen LogP contribution in [0.15, 0.2) is 0 Å². The molecule has 0 aliphatic carbocycles. The zero-order valence-electron chi connectivity index (χ0n) is 10.8. The molecule has 1 heteroatoms. The highest BCUT2D eigenvalue weighted by atomic mass is 14.9. The van der Waals surface area contributed by atoms with Gasteiger partial charge in [-0.1, -0.05) is 47.5 Å². The first-order valence-electron chi connectivity index (χ1n) is 6.18. The van der Waals surface area contributed by atoms with E-state index >= 15 is 0 Å². The van der Waals surface area contributed by atoms with Crippen LogP contribution < -0.4 is 5.32 Å². The van der Waals surface area contributed by atoms with Crippen LogP contribution in [0.4, 0.5) is 0 Å². The van der Waals surface area contributed by atoms with Crippen molar-refractivity contribution in [3.8, 4) is 0 Å². The fourth-order valence-corrected chi connectivity index (χ4v) is 2.10. The number of hydrogen-bond acceptors (Lipinski definition) is 1. The van der Waals surface area contributed by atoms with Crippen LogP contribution in [0, 0.1) is 11.3 Å². The Hall–Kier alpha value is -0.0400. The lowest BCUT2D eigenvalue weighted by atomic mass is 9.84. The minimum Gasteiger partial charge on any atom is -0.316 e. The Morgan fingerprint density at radius 1 is 1.14 bits per heavy atom. The summed E-state index contributed by atoms with van der Waals surface area (Å²) < 4.78 is 0. The molecule has 0 radical (unpaired) electrons. The van der Waals surface area contributed by atoms with E-state index in [0.29, 0.717) is 5.41 Å². The molecule has 0 rings (SSSR count). The first kappa shape index (κ1) is 14.0. The summed E-state index contributed by atoms with van der Waals surface area (Å²) in [5.41, 5.74) is 0.459. The minimum absolute atomic E-state index is 0.459. The molecule has 0 aromatic heterocycles. The quantitative estimate of drug-likeness (QED) is 0.586. The summed E-state index contributed by atoms with van der Waals surface area (Å²) in [5.74, 6) is 0.808. The second kappa shape index (κ2) is 7.28. The van der Waals surface area contributed by atoms with E-state index in [2.05, 4.69) is 39.9 Å². The van der Waals surface area contributed by atoms with Gasteiger partial charge in [0.25, 0.3) is 0 Å². The largest absolute Gasteiger partial charge is 0.316 e. The van der Waals surface area contributed by atoms with Gasteiger partial charge in [0.05, 0.1) is 0 Å². The first-order chi connectivity index (χ1) is 6.48. The van der Waals surface area contributed by atoms with Crippen LogP contribution in [-0.2, 0) is 0 Å². The first-order valence-corrected chi connectivity index (χ1v) is 6.18. The van der Waals surface area contributed by atoms with E-state index in [1.54, 1.807) is 0 Å². The predicted octanol–water partition coefficient (Wildman–Crippen LogP) is 3.84. The van der Waals surface area contributed by atoms with E-state index in [0.717, 1.165) is 12.5 Å². The van der Waals surface area contributed by atoms with Crippen LogP contribution in [0.1, 0.15) is 60.3 Å². The predicted molar refractivity (Wildman–Crippen MR) is 65.6 cm³/mol. The van der Waals surface area contributed by atoms with Gasteiger partial charge in [-0.3, -0.25) is 0 Å². The van der Waals surface area contributed by atoms with E-state index in [9.17, 15) is 0 Å². The summed E-state index contributed by atoms with van der Waals surface area (Å²) >= 11 is 0. The number of nitrogens with one attached hydrogen (secondary N) is 1. The molecule has 0 aliphatic rings. The van der Waals surface area contributed by atoms with Gasteiger partial charge in [-0.25, -0.2) is 0 Å². The molecule has 0 aliphatic heterocycles. The van der Waals surface area contributed by atoms with Crippen molar-refractivity contribution >= 4 is 0 Å². The lowest BCUT2D eigenvalue weighted by Gasteiger charge is -2.27. The van der Waals surface area contributed by atoms with Gasteiger partial charge in [0.15, 0.2) is 0 Å². The highest BCUT2D eigenvalue weighted by Gasteiger charge is 2.18. The maximum Gasteiger partial charge on any atom is 0.000261 e. The normalized spacial score (nSPS) is 12.4. The van der Waals surface area contributed by atoms with Crippen molar-refractivity contribution in [1.82, 2.24) is 5.32 Å². The summed E-state index contributed by atoms with van der Waals surface area (Å²) in [6, 6.07) is 0. The summed E-state index contributed by atoms with van der Waals surface area (Å²) in [5, 5.41) is 3.57. The molecular weight excluding hydrogens is 170 g/mol. The monoisotopic (exact) mass is 199 g/mol. The molecule has 0 aromatic rings. The van der Waals surface area contributed by atoms with Crippen LogP contribution in [0.3, 0.4) is 0 Å². The Balaban J connectivity index is 3.45. The van der Waals surface area contributed by atoms with Crippen LogP contribution in [0.5, 0.6) is 0 Å². The Bertz CT molecular complexity index is 127. The fraction of sp³-hybridized carbons (Fsp3) is 1.00. The van der Waals surface area contributed by atoms with E-state index in [1.807, 2.05) is 0 Å². The van der Waals surface area contributed by atoms with E-state index in [4.69, 9.17) is 0 Å². The Morgan fingerprint density at radius 3 is 2.29 bits per heavy atom. The van der Waals surface area contributed by atoms with Crippen LogP contribution in [0.25, 0.3) is 0 Å². The highest BCUT2D eigenvalue weighted by Crippen LogP contribution is 2.23. The van der Waals surface area contributed by atoms with Gasteiger partial charge in [0.1, 0.15) is 0 Å². The van der Waals surface area contributed by atoms with Crippen molar-refractivity contribution < 1.29 is 0 Å². The van der Waals surface area contributed by atoms with Crippen molar-refractivity contribution in [3.63, 3.8) is 0 Å². The number of hydrogen-bond donors (Lipinski definition) is 1. The van der Waals surface area contributed by atoms with Crippen molar-refractivity contribution in [2.45, 2.75) is 60.3 Å². The Kier molecular flexibility index (Phi) is 7.26. The smallest absolute Gasteiger partial charge is 0.000261 e. The highest BCUT2D eigenvalue weighted by molar-refractivity contribution is 4.72. The third kappa shape index (κ3) is 8.55. The summed E-state index contributed by atoms with van der Waals surface area (Å²) in [4.78, 5) is 0. The lowest BCUT2D eigenvalue weighted by Crippen LogP contribution is -2.31. The topological polar surface area (TPSA) is 12.0 Å². The van der Waals surface area contributed by atoms with Crippen LogP contribution in [0.2, 0.25) is 0 Å². The third-order valence-electron chi connectivity index (χ3n) is 2.52. The molecule has 0 saturated heterocycles. The maximum atomic E-state index is 3.57. The summed E-state index contributed by atoms with van der Waals surface area (Å²) in [6.07, 6.45) is 5.32. The number of unbranched alkanes of at least 4 members (excludes halogenated alkanes) is 2. The zero-order chi connectivity index (χ0) is 11.0. The molecule has 0 spiro atoms. The average molecular weight is 199 g/mol. The molecule has 0 bridgehead atoms. The van der Waals surface area contributed by atoms with E-state index in [1.165, 1.54) is 32.2 Å². The van der Waals surface area contributed by atoms with Crippen molar-refractivity contribution in [2.75, 3.05) is 13.1 Å². The molecular formula is C13H29N. The zero-order valence-corrected chi connectivity index (χ0v) is 10.8. The molecule has 0 saturated carbocycles. The minimum atomic E-state index is 0.459. The van der Waals surface area contributed by atoms with E-state index < -0.39 is 0 Å². The van der Waals surface area contributed by atoms with Gasteiger partial charge in [-0.15, -0.1) is 0 Å². The van der Waals surface area contributed by atoms with Crippen molar-refractivity contribution in [2.24, 2.45) is 11.3 Å². The lowest BCUT2D eigenvalue weighted by molar-refractivity contribution is 0.273. The molecule has 0 atom stereocenters. The molecule has 0 heterocycles. The Morgan fingerprint density at radius 2 is 1.79 bits per heavy atom. The molecule has 0 fully saturated rings. The molecule has 0 amide bonds. The van der Waals surface area contributed by atoms with Gasteiger partial charge < -0.3 is 5.32 Å². The maximum absolute atomic E-state index is 3.57. The number of rotatable bonds is 8. The fourth-order valence-electron chi connectivity index (χ4n) is 2.10. The van der Waals surface area contributed by atoms with Crippen LogP contribution >= 0.6 is 0 Å².